The van der Waals surface area contributed by atoms with Crippen LogP contribution in [0.5, 0.6) is 0 Å². The summed E-state index contributed by atoms with van der Waals surface area (Å²) in [6, 6.07) is 17.4. The minimum atomic E-state index is 0.326. The summed E-state index contributed by atoms with van der Waals surface area (Å²) in [5.41, 5.74) is 5.30. The summed E-state index contributed by atoms with van der Waals surface area (Å²) >= 11 is 0. The first kappa shape index (κ1) is 21.7. The Morgan fingerprint density at radius 2 is 2.03 bits per heavy atom. The number of ether oxygens (including phenoxy) is 1. The number of likely N-dealkylation sites (tertiary alicyclic amines) is 1. The molecule has 1 aromatic heterocycles. The summed E-state index contributed by atoms with van der Waals surface area (Å²) < 4.78 is 7.79. The molecular formula is C27H33N5O. The van der Waals surface area contributed by atoms with Crippen LogP contribution in [0.25, 0.3) is 11.1 Å². The second-order valence-corrected chi connectivity index (χ2v) is 9.23. The minimum absolute atomic E-state index is 0.326. The number of hydrogen-bond donors (Lipinski definition) is 1. The molecule has 6 nitrogen and oxygen atoms in total. The van der Waals surface area contributed by atoms with Crippen molar-refractivity contribution in [2.24, 2.45) is 10.4 Å². The zero-order valence-corrected chi connectivity index (χ0v) is 19.4. The van der Waals surface area contributed by atoms with E-state index in [1.54, 1.807) is 0 Å². The highest BCUT2D eigenvalue weighted by molar-refractivity contribution is 5.80. The van der Waals surface area contributed by atoms with Gasteiger partial charge in [0.15, 0.2) is 5.96 Å². The number of nitrogens with one attached hydrogen (secondary N) is 1. The van der Waals surface area contributed by atoms with Gasteiger partial charge in [0, 0.05) is 50.6 Å². The highest BCUT2D eigenvalue weighted by atomic mass is 16.5. The molecule has 2 fully saturated rings. The predicted octanol–water partition coefficient (Wildman–Crippen LogP) is 4.18. The van der Waals surface area contributed by atoms with E-state index in [9.17, 15) is 0 Å². The molecule has 3 aromatic rings. The number of nitrogens with zero attached hydrogens (tertiary/aromatic N) is 4. The molecule has 2 aliphatic rings. The van der Waals surface area contributed by atoms with Crippen molar-refractivity contribution in [2.75, 3.05) is 32.8 Å². The molecule has 172 valence electrons. The van der Waals surface area contributed by atoms with Crippen LogP contribution in [0.2, 0.25) is 0 Å². The summed E-state index contributed by atoms with van der Waals surface area (Å²) in [7, 11) is 0. The van der Waals surface area contributed by atoms with Gasteiger partial charge in [-0.15, -0.1) is 0 Å². The Morgan fingerprint density at radius 1 is 1.15 bits per heavy atom. The number of benzene rings is 2. The van der Waals surface area contributed by atoms with E-state index in [4.69, 9.17) is 9.73 Å². The molecule has 0 saturated carbocycles. The van der Waals surface area contributed by atoms with E-state index in [0.29, 0.717) is 12.0 Å². The largest absolute Gasteiger partial charge is 0.381 e. The smallest absolute Gasteiger partial charge is 0.194 e. The third-order valence-corrected chi connectivity index (χ3v) is 6.86. The Balaban J connectivity index is 1.32. The average Bonchev–Trinajstić information content (AvgIpc) is 3.62. The van der Waals surface area contributed by atoms with E-state index in [2.05, 4.69) is 75.2 Å². The molecule has 1 N–H and O–H groups in total. The van der Waals surface area contributed by atoms with Gasteiger partial charge in [0.1, 0.15) is 0 Å². The molecular weight excluding hydrogens is 410 g/mol. The molecule has 3 heterocycles. The highest BCUT2D eigenvalue weighted by Crippen LogP contribution is 2.38. The molecule has 2 aromatic carbocycles. The van der Waals surface area contributed by atoms with Gasteiger partial charge in [-0.3, -0.25) is 0 Å². The first-order valence-corrected chi connectivity index (χ1v) is 12.0. The molecule has 0 amide bonds. The maximum Gasteiger partial charge on any atom is 0.194 e. The first-order valence-electron chi connectivity index (χ1n) is 12.0. The molecule has 2 aliphatic heterocycles. The number of imidazole rings is 1. The van der Waals surface area contributed by atoms with Crippen LogP contribution >= 0.6 is 0 Å². The molecule has 0 bridgehead atoms. The second-order valence-electron chi connectivity index (χ2n) is 9.23. The SMILES string of the molecule is CCNC(=NCc1ccccc1-c1ccc(Cn2ccnc2)cc1)N1CCC2(CCOC2)C1. The van der Waals surface area contributed by atoms with Crippen molar-refractivity contribution in [2.45, 2.75) is 32.9 Å². The van der Waals surface area contributed by atoms with Crippen molar-refractivity contribution >= 4 is 5.96 Å². The van der Waals surface area contributed by atoms with Crippen molar-refractivity contribution < 1.29 is 4.74 Å². The van der Waals surface area contributed by atoms with Gasteiger partial charge >= 0.3 is 0 Å². The van der Waals surface area contributed by atoms with Crippen LogP contribution in [0.1, 0.15) is 30.9 Å². The van der Waals surface area contributed by atoms with Gasteiger partial charge in [-0.2, -0.15) is 0 Å². The minimum Gasteiger partial charge on any atom is -0.381 e. The Bertz CT molecular complexity index is 1070. The van der Waals surface area contributed by atoms with E-state index in [-0.39, 0.29) is 0 Å². The molecule has 1 atom stereocenters. The van der Waals surface area contributed by atoms with Crippen molar-refractivity contribution in [3.8, 4) is 11.1 Å². The molecule has 0 radical (unpaired) electrons. The fourth-order valence-corrected chi connectivity index (χ4v) is 4.99. The first-order chi connectivity index (χ1) is 16.2. The van der Waals surface area contributed by atoms with Crippen LogP contribution in [-0.2, 0) is 17.8 Å². The fraction of sp³-hybridized carbons (Fsp3) is 0.407. The molecule has 33 heavy (non-hydrogen) atoms. The van der Waals surface area contributed by atoms with Crippen molar-refractivity contribution in [3.63, 3.8) is 0 Å². The topological polar surface area (TPSA) is 54.7 Å². The maximum absolute atomic E-state index is 5.71. The molecule has 6 heteroatoms. The normalized spacial score (nSPS) is 20.6. The summed E-state index contributed by atoms with van der Waals surface area (Å²) in [5, 5.41) is 3.52. The zero-order valence-electron chi connectivity index (χ0n) is 19.4. The lowest BCUT2D eigenvalue weighted by molar-refractivity contribution is 0.156. The zero-order chi connectivity index (χ0) is 22.5. The summed E-state index contributed by atoms with van der Waals surface area (Å²) in [4.78, 5) is 11.6. The van der Waals surface area contributed by atoms with Crippen LogP contribution in [0.3, 0.4) is 0 Å². The third kappa shape index (κ3) is 4.96. The second kappa shape index (κ2) is 9.79. The Labute approximate surface area is 196 Å². The summed E-state index contributed by atoms with van der Waals surface area (Å²) in [5.74, 6) is 1.02. The van der Waals surface area contributed by atoms with Crippen LogP contribution in [0.4, 0.5) is 0 Å². The number of aliphatic imine (C=N–C) groups is 1. The van der Waals surface area contributed by atoms with Gasteiger partial charge in [0.05, 0.1) is 19.5 Å². The van der Waals surface area contributed by atoms with Gasteiger partial charge < -0.3 is 19.5 Å². The third-order valence-electron chi connectivity index (χ3n) is 6.86. The molecule has 1 unspecified atom stereocenters. The standard InChI is InChI=1S/C27H33N5O/c1-2-29-26(32-14-11-27(19-32)12-16-33-20-27)30-17-24-5-3-4-6-25(24)23-9-7-22(8-10-23)18-31-15-13-28-21-31/h3-10,13,15,21H,2,11-12,14,16-20H2,1H3,(H,29,30). The number of aromatic nitrogens is 2. The quantitative estimate of drug-likeness (QED) is 0.459. The Morgan fingerprint density at radius 3 is 2.79 bits per heavy atom. The number of guanidine groups is 1. The lowest BCUT2D eigenvalue weighted by atomic mass is 9.87. The van der Waals surface area contributed by atoms with E-state index in [1.807, 2.05) is 18.7 Å². The van der Waals surface area contributed by atoms with Crippen LogP contribution < -0.4 is 5.32 Å². The number of hydrogen-bond acceptors (Lipinski definition) is 3. The van der Waals surface area contributed by atoms with Gasteiger partial charge in [-0.1, -0.05) is 48.5 Å². The summed E-state index contributed by atoms with van der Waals surface area (Å²) in [6.07, 6.45) is 8.02. The molecule has 5 rings (SSSR count). The van der Waals surface area contributed by atoms with E-state index in [0.717, 1.165) is 45.4 Å². The highest BCUT2D eigenvalue weighted by Gasteiger charge is 2.42. The summed E-state index contributed by atoms with van der Waals surface area (Å²) in [6.45, 7) is 8.39. The van der Waals surface area contributed by atoms with Crippen molar-refractivity contribution in [3.05, 3.63) is 78.4 Å². The Kier molecular flexibility index (Phi) is 6.44. The lowest BCUT2D eigenvalue weighted by Crippen LogP contribution is -2.41. The van der Waals surface area contributed by atoms with Gasteiger partial charge in [-0.25, -0.2) is 9.98 Å². The molecule has 1 spiro atoms. The van der Waals surface area contributed by atoms with Crippen molar-refractivity contribution in [1.29, 1.82) is 0 Å². The maximum atomic E-state index is 5.71. The Hall–Kier alpha value is -3.12. The van der Waals surface area contributed by atoms with Gasteiger partial charge in [0.2, 0.25) is 0 Å². The van der Waals surface area contributed by atoms with Crippen LogP contribution in [0.15, 0.2) is 72.2 Å². The van der Waals surface area contributed by atoms with Gasteiger partial charge in [-0.05, 0) is 42.0 Å². The fourth-order valence-electron chi connectivity index (χ4n) is 4.99. The van der Waals surface area contributed by atoms with Crippen LogP contribution in [0, 0.1) is 5.41 Å². The molecule has 0 aliphatic carbocycles. The van der Waals surface area contributed by atoms with E-state index < -0.39 is 0 Å². The van der Waals surface area contributed by atoms with E-state index >= 15 is 0 Å². The van der Waals surface area contributed by atoms with Crippen LogP contribution in [-0.4, -0.2) is 53.3 Å². The van der Waals surface area contributed by atoms with Crippen molar-refractivity contribution in [1.82, 2.24) is 19.8 Å². The monoisotopic (exact) mass is 443 g/mol. The molecule has 2 saturated heterocycles. The lowest BCUT2D eigenvalue weighted by Gasteiger charge is -2.25. The van der Waals surface area contributed by atoms with Gasteiger partial charge in [0.25, 0.3) is 0 Å². The number of rotatable bonds is 6. The average molecular weight is 444 g/mol. The predicted molar refractivity (Wildman–Crippen MR) is 132 cm³/mol. The van der Waals surface area contributed by atoms with E-state index in [1.165, 1.54) is 35.1 Å².